The summed E-state index contributed by atoms with van der Waals surface area (Å²) in [5, 5.41) is 9.22. The number of benzene rings is 1. The van der Waals surface area contributed by atoms with Gasteiger partial charge in [-0.15, -0.1) is 0 Å². The monoisotopic (exact) mass is 281 g/mol. The van der Waals surface area contributed by atoms with E-state index in [0.29, 0.717) is 13.2 Å². The zero-order chi connectivity index (χ0) is 14.5. The van der Waals surface area contributed by atoms with Crippen molar-refractivity contribution in [2.45, 2.75) is 31.7 Å². The first-order valence-corrected chi connectivity index (χ1v) is 6.92. The van der Waals surface area contributed by atoms with Crippen LogP contribution in [0.15, 0.2) is 18.2 Å². The van der Waals surface area contributed by atoms with E-state index in [1.54, 1.807) is 12.0 Å². The Labute approximate surface area is 118 Å². The Balaban J connectivity index is 2.16. The van der Waals surface area contributed by atoms with Crippen LogP contribution in [-0.4, -0.2) is 42.2 Å². The van der Waals surface area contributed by atoms with Gasteiger partial charge in [0.05, 0.1) is 5.56 Å². The van der Waals surface area contributed by atoms with Crippen LogP contribution in [0.25, 0.3) is 0 Å². The molecule has 1 heterocycles. The molecule has 1 amide bonds. The fraction of sp³-hybridized carbons (Fsp3) is 0.533. The van der Waals surface area contributed by atoms with Gasteiger partial charge >= 0.3 is 0 Å². The van der Waals surface area contributed by atoms with Crippen LogP contribution in [0.5, 0.6) is 5.75 Å². The van der Waals surface area contributed by atoms with Gasteiger partial charge in [0, 0.05) is 32.4 Å². The van der Waals surface area contributed by atoms with Crippen molar-refractivity contribution in [1.29, 1.82) is 0 Å². The Morgan fingerprint density at radius 3 is 3.00 bits per heavy atom. The number of methoxy groups -OCH3 is 1. The molecule has 0 radical (unpaired) electrons. The summed E-state index contributed by atoms with van der Waals surface area (Å²) in [6.07, 6.45) is 3.71. The lowest BCUT2D eigenvalue weighted by molar-refractivity contribution is 0.0548. The second-order valence-electron chi connectivity index (χ2n) is 5.09. The number of phenolic OH excluding ortho intramolecular Hbond substituents is 1. The van der Waals surface area contributed by atoms with Gasteiger partial charge in [0.15, 0.2) is 0 Å². The first-order valence-electron chi connectivity index (χ1n) is 6.92. The number of likely N-dealkylation sites (tertiary alicyclic amines) is 1. The van der Waals surface area contributed by atoms with Gasteiger partial charge in [0.1, 0.15) is 11.6 Å². The lowest BCUT2D eigenvalue weighted by Gasteiger charge is -2.36. The highest BCUT2D eigenvalue weighted by Gasteiger charge is 2.28. The minimum absolute atomic E-state index is 0.0205. The zero-order valence-electron chi connectivity index (χ0n) is 11.6. The predicted octanol–water partition coefficient (Wildman–Crippen LogP) is 2.56. The maximum Gasteiger partial charge on any atom is 0.257 e. The van der Waals surface area contributed by atoms with Gasteiger partial charge in [-0.05, 0) is 37.8 Å². The average molecular weight is 281 g/mol. The standard InChI is InChI=1S/C15H20FNO3/c1-20-9-7-11-4-2-3-8-17(11)15(19)13-6-5-12(18)10-14(13)16/h5-6,10-11,18H,2-4,7-9H2,1H3. The van der Waals surface area contributed by atoms with Crippen molar-refractivity contribution in [3.05, 3.63) is 29.6 Å². The number of nitrogens with zero attached hydrogens (tertiary/aromatic N) is 1. The molecule has 1 fully saturated rings. The number of carbonyl (C=O) groups excluding carboxylic acids is 1. The number of piperidine rings is 1. The molecule has 0 saturated carbocycles. The Hall–Kier alpha value is -1.62. The van der Waals surface area contributed by atoms with E-state index in [2.05, 4.69) is 0 Å². The Bertz CT molecular complexity index is 478. The van der Waals surface area contributed by atoms with Crippen LogP contribution < -0.4 is 0 Å². The fourth-order valence-corrected chi connectivity index (χ4v) is 2.65. The molecule has 1 unspecified atom stereocenters. The molecule has 2 rings (SSSR count). The van der Waals surface area contributed by atoms with Gasteiger partial charge in [-0.1, -0.05) is 0 Å². The molecular formula is C15H20FNO3. The van der Waals surface area contributed by atoms with Crippen molar-refractivity contribution in [3.8, 4) is 5.75 Å². The summed E-state index contributed by atoms with van der Waals surface area (Å²) < 4.78 is 18.9. The van der Waals surface area contributed by atoms with E-state index >= 15 is 0 Å². The third-order valence-electron chi connectivity index (χ3n) is 3.73. The highest BCUT2D eigenvalue weighted by molar-refractivity contribution is 5.94. The molecule has 0 spiro atoms. The van der Waals surface area contributed by atoms with Gasteiger partial charge in [0.2, 0.25) is 0 Å². The molecule has 1 atom stereocenters. The number of carbonyl (C=O) groups is 1. The number of hydrogen-bond acceptors (Lipinski definition) is 3. The van der Waals surface area contributed by atoms with Crippen molar-refractivity contribution in [2.24, 2.45) is 0 Å². The SMILES string of the molecule is COCCC1CCCCN1C(=O)c1ccc(O)cc1F. The summed E-state index contributed by atoms with van der Waals surface area (Å²) in [7, 11) is 1.63. The zero-order valence-corrected chi connectivity index (χ0v) is 11.6. The normalized spacial score (nSPS) is 19.1. The van der Waals surface area contributed by atoms with Gasteiger partial charge < -0.3 is 14.7 Å². The van der Waals surface area contributed by atoms with Crippen molar-refractivity contribution < 1.29 is 19.0 Å². The number of hydrogen-bond donors (Lipinski definition) is 1. The van der Waals surface area contributed by atoms with Gasteiger partial charge in [0.25, 0.3) is 5.91 Å². The van der Waals surface area contributed by atoms with E-state index in [-0.39, 0.29) is 23.3 Å². The molecular weight excluding hydrogens is 261 g/mol. The summed E-state index contributed by atoms with van der Waals surface area (Å²) >= 11 is 0. The minimum Gasteiger partial charge on any atom is -0.508 e. The van der Waals surface area contributed by atoms with Crippen molar-refractivity contribution in [1.82, 2.24) is 4.90 Å². The molecule has 1 aliphatic rings. The first kappa shape index (κ1) is 14.8. The summed E-state index contributed by atoms with van der Waals surface area (Å²) in [4.78, 5) is 14.2. The number of aromatic hydroxyl groups is 1. The predicted molar refractivity (Wildman–Crippen MR) is 73.2 cm³/mol. The Morgan fingerprint density at radius 1 is 1.50 bits per heavy atom. The number of halogens is 1. The molecule has 1 N–H and O–H groups in total. The number of rotatable bonds is 4. The van der Waals surface area contributed by atoms with Crippen LogP contribution in [0.1, 0.15) is 36.0 Å². The Morgan fingerprint density at radius 2 is 2.30 bits per heavy atom. The molecule has 0 aliphatic carbocycles. The van der Waals surface area contributed by atoms with Crippen molar-refractivity contribution in [2.75, 3.05) is 20.3 Å². The second-order valence-corrected chi connectivity index (χ2v) is 5.09. The molecule has 0 bridgehead atoms. The molecule has 1 aromatic carbocycles. The van der Waals surface area contributed by atoms with Crippen molar-refractivity contribution in [3.63, 3.8) is 0 Å². The lowest BCUT2D eigenvalue weighted by atomic mass is 9.98. The van der Waals surface area contributed by atoms with E-state index in [1.165, 1.54) is 12.1 Å². The number of ether oxygens (including phenoxy) is 1. The summed E-state index contributed by atoms with van der Waals surface area (Å²) in [6.45, 7) is 1.24. The maximum absolute atomic E-state index is 13.8. The smallest absolute Gasteiger partial charge is 0.257 e. The highest BCUT2D eigenvalue weighted by atomic mass is 19.1. The summed E-state index contributed by atoms with van der Waals surface area (Å²) in [5.74, 6) is -1.15. The quantitative estimate of drug-likeness (QED) is 0.922. The summed E-state index contributed by atoms with van der Waals surface area (Å²) in [6, 6.07) is 3.75. The molecule has 1 aliphatic heterocycles. The topological polar surface area (TPSA) is 49.8 Å². The fourth-order valence-electron chi connectivity index (χ4n) is 2.65. The maximum atomic E-state index is 13.8. The minimum atomic E-state index is -0.675. The van der Waals surface area contributed by atoms with Crippen LogP contribution in [0.2, 0.25) is 0 Å². The lowest BCUT2D eigenvalue weighted by Crippen LogP contribution is -2.44. The van der Waals surface area contributed by atoms with E-state index in [1.807, 2.05) is 0 Å². The molecule has 1 aromatic rings. The van der Waals surface area contributed by atoms with Gasteiger partial charge in [-0.25, -0.2) is 4.39 Å². The van der Waals surface area contributed by atoms with Crippen LogP contribution in [0, 0.1) is 5.82 Å². The Kier molecular flexibility index (Phi) is 4.95. The molecule has 5 heteroatoms. The van der Waals surface area contributed by atoms with E-state index in [0.717, 1.165) is 31.7 Å². The molecule has 20 heavy (non-hydrogen) atoms. The highest BCUT2D eigenvalue weighted by Crippen LogP contribution is 2.24. The largest absolute Gasteiger partial charge is 0.508 e. The van der Waals surface area contributed by atoms with Crippen LogP contribution in [0.3, 0.4) is 0 Å². The van der Waals surface area contributed by atoms with E-state index in [4.69, 9.17) is 4.74 Å². The van der Waals surface area contributed by atoms with E-state index in [9.17, 15) is 14.3 Å². The summed E-state index contributed by atoms with van der Waals surface area (Å²) in [5.41, 5.74) is 0.0205. The number of phenols is 1. The van der Waals surface area contributed by atoms with Crippen molar-refractivity contribution >= 4 is 5.91 Å². The first-order chi connectivity index (χ1) is 9.63. The van der Waals surface area contributed by atoms with Crippen LogP contribution >= 0.6 is 0 Å². The third-order valence-corrected chi connectivity index (χ3v) is 3.73. The average Bonchev–Trinajstić information content (AvgIpc) is 2.45. The van der Waals surface area contributed by atoms with Gasteiger partial charge in [-0.2, -0.15) is 0 Å². The molecule has 0 aromatic heterocycles. The molecule has 1 saturated heterocycles. The second kappa shape index (κ2) is 6.70. The van der Waals surface area contributed by atoms with E-state index < -0.39 is 5.82 Å². The van der Waals surface area contributed by atoms with Crippen LogP contribution in [-0.2, 0) is 4.74 Å². The number of amides is 1. The molecule has 110 valence electrons. The third kappa shape index (κ3) is 3.28. The molecule has 4 nitrogen and oxygen atoms in total. The van der Waals surface area contributed by atoms with Gasteiger partial charge in [-0.3, -0.25) is 4.79 Å². The van der Waals surface area contributed by atoms with Crippen LogP contribution in [0.4, 0.5) is 4.39 Å².